The van der Waals surface area contributed by atoms with Gasteiger partial charge in [-0.15, -0.1) is 11.8 Å². The Morgan fingerprint density at radius 1 is 1.24 bits per heavy atom. The maximum absolute atomic E-state index is 6.26. The smallest absolute Gasteiger partial charge is 0.0959 e. The van der Waals surface area contributed by atoms with Gasteiger partial charge in [-0.05, 0) is 35.9 Å². The highest BCUT2D eigenvalue weighted by Gasteiger charge is 2.11. The molecule has 0 radical (unpaired) electrons. The number of hydrogen-bond donors (Lipinski definition) is 1. The molecule has 2 rings (SSSR count). The van der Waals surface area contributed by atoms with E-state index in [1.165, 1.54) is 5.56 Å². The standard InChI is InChI=1S/C14H16N2S/c1-10-8-13(17-2)16-9-12(10)14(15)11-6-4-3-5-7-11/h3-9,14H,15H2,1-2H3/t14-/m1/s1. The van der Waals surface area contributed by atoms with Crippen molar-refractivity contribution in [3.63, 3.8) is 0 Å². The van der Waals surface area contributed by atoms with Gasteiger partial charge >= 0.3 is 0 Å². The van der Waals surface area contributed by atoms with Crippen LogP contribution in [0.5, 0.6) is 0 Å². The molecule has 88 valence electrons. The summed E-state index contributed by atoms with van der Waals surface area (Å²) in [4.78, 5) is 4.39. The first-order valence-corrected chi connectivity index (χ1v) is 6.76. The Kier molecular flexibility index (Phi) is 3.82. The second kappa shape index (κ2) is 5.34. The van der Waals surface area contributed by atoms with Gasteiger partial charge < -0.3 is 5.73 Å². The number of benzene rings is 1. The summed E-state index contributed by atoms with van der Waals surface area (Å²) in [6.45, 7) is 2.08. The summed E-state index contributed by atoms with van der Waals surface area (Å²) in [5, 5.41) is 1.03. The van der Waals surface area contributed by atoms with Gasteiger partial charge in [0.25, 0.3) is 0 Å². The molecule has 2 aromatic rings. The van der Waals surface area contributed by atoms with Crippen LogP contribution in [0.25, 0.3) is 0 Å². The minimum absolute atomic E-state index is 0.0976. The van der Waals surface area contributed by atoms with Gasteiger partial charge in [-0.25, -0.2) is 4.98 Å². The summed E-state index contributed by atoms with van der Waals surface area (Å²) in [6, 6.07) is 12.1. The van der Waals surface area contributed by atoms with Gasteiger partial charge in [0.05, 0.1) is 11.1 Å². The maximum atomic E-state index is 6.26. The molecule has 0 amide bonds. The van der Waals surface area contributed by atoms with Crippen LogP contribution in [0.2, 0.25) is 0 Å². The molecule has 0 saturated heterocycles. The van der Waals surface area contributed by atoms with Crippen LogP contribution in [-0.4, -0.2) is 11.2 Å². The lowest BCUT2D eigenvalue weighted by Gasteiger charge is -2.15. The minimum Gasteiger partial charge on any atom is -0.320 e. The Morgan fingerprint density at radius 2 is 1.94 bits per heavy atom. The Hall–Kier alpha value is -1.32. The van der Waals surface area contributed by atoms with Gasteiger partial charge in [0.15, 0.2) is 0 Å². The second-order valence-electron chi connectivity index (χ2n) is 3.97. The normalized spacial score (nSPS) is 12.4. The van der Waals surface area contributed by atoms with Crippen molar-refractivity contribution in [2.75, 3.05) is 6.26 Å². The lowest BCUT2D eigenvalue weighted by atomic mass is 9.98. The summed E-state index contributed by atoms with van der Waals surface area (Å²) in [6.07, 6.45) is 3.91. The number of aryl methyl sites for hydroxylation is 1. The lowest BCUT2D eigenvalue weighted by Crippen LogP contribution is -2.13. The summed E-state index contributed by atoms with van der Waals surface area (Å²) in [5.41, 5.74) is 9.67. The predicted octanol–water partition coefficient (Wildman–Crippen LogP) is 3.16. The number of aromatic nitrogens is 1. The monoisotopic (exact) mass is 244 g/mol. The van der Waals surface area contributed by atoms with E-state index in [4.69, 9.17) is 5.73 Å². The van der Waals surface area contributed by atoms with Crippen LogP contribution in [0, 0.1) is 6.92 Å². The highest BCUT2D eigenvalue weighted by molar-refractivity contribution is 7.98. The molecule has 3 heteroatoms. The van der Waals surface area contributed by atoms with Crippen molar-refractivity contribution in [1.29, 1.82) is 0 Å². The average Bonchev–Trinajstić information content (AvgIpc) is 2.39. The number of pyridine rings is 1. The molecule has 0 fully saturated rings. The topological polar surface area (TPSA) is 38.9 Å². The number of rotatable bonds is 3. The van der Waals surface area contributed by atoms with Crippen LogP contribution < -0.4 is 5.73 Å². The maximum Gasteiger partial charge on any atom is 0.0959 e. The van der Waals surface area contributed by atoms with Gasteiger partial charge in [0.2, 0.25) is 0 Å². The van der Waals surface area contributed by atoms with E-state index in [2.05, 4.69) is 18.0 Å². The molecule has 0 aliphatic carbocycles. The van der Waals surface area contributed by atoms with Crippen molar-refractivity contribution >= 4 is 11.8 Å². The van der Waals surface area contributed by atoms with E-state index in [0.29, 0.717) is 0 Å². The summed E-state index contributed by atoms with van der Waals surface area (Å²) in [5.74, 6) is 0. The first-order chi connectivity index (χ1) is 8.22. The molecular formula is C14H16N2S. The SMILES string of the molecule is CSc1cc(C)c([C@H](N)c2ccccc2)cn1. The lowest BCUT2D eigenvalue weighted by molar-refractivity contribution is 0.844. The van der Waals surface area contributed by atoms with Gasteiger partial charge in [0, 0.05) is 6.20 Å². The zero-order chi connectivity index (χ0) is 12.3. The highest BCUT2D eigenvalue weighted by Crippen LogP contribution is 2.24. The Morgan fingerprint density at radius 3 is 2.53 bits per heavy atom. The van der Waals surface area contributed by atoms with Crippen molar-refractivity contribution in [3.05, 3.63) is 59.3 Å². The van der Waals surface area contributed by atoms with Crippen LogP contribution in [0.15, 0.2) is 47.6 Å². The molecule has 0 aliphatic rings. The van der Waals surface area contributed by atoms with Gasteiger partial charge in [0.1, 0.15) is 0 Å². The van der Waals surface area contributed by atoms with Crippen LogP contribution in [0.4, 0.5) is 0 Å². The quantitative estimate of drug-likeness (QED) is 0.843. The summed E-state index contributed by atoms with van der Waals surface area (Å²) < 4.78 is 0. The zero-order valence-corrected chi connectivity index (χ0v) is 10.9. The average molecular weight is 244 g/mol. The first-order valence-electron chi connectivity index (χ1n) is 5.53. The van der Waals surface area contributed by atoms with Crippen LogP contribution in [0.3, 0.4) is 0 Å². The van der Waals surface area contributed by atoms with E-state index in [0.717, 1.165) is 16.2 Å². The Bertz CT molecular complexity index is 497. The van der Waals surface area contributed by atoms with E-state index >= 15 is 0 Å². The molecule has 1 heterocycles. The third kappa shape index (κ3) is 2.68. The molecule has 0 aliphatic heterocycles. The van der Waals surface area contributed by atoms with Crippen molar-refractivity contribution < 1.29 is 0 Å². The third-order valence-corrected chi connectivity index (χ3v) is 3.47. The fourth-order valence-electron chi connectivity index (χ4n) is 1.82. The van der Waals surface area contributed by atoms with Crippen molar-refractivity contribution in [3.8, 4) is 0 Å². The fourth-order valence-corrected chi connectivity index (χ4v) is 2.27. The largest absolute Gasteiger partial charge is 0.320 e. The number of nitrogens with zero attached hydrogens (tertiary/aromatic N) is 1. The minimum atomic E-state index is -0.0976. The van der Waals surface area contributed by atoms with Crippen LogP contribution in [-0.2, 0) is 0 Å². The summed E-state index contributed by atoms with van der Waals surface area (Å²) >= 11 is 1.65. The molecular weight excluding hydrogens is 228 g/mol. The van der Waals surface area contributed by atoms with E-state index in [-0.39, 0.29) is 6.04 Å². The predicted molar refractivity (Wildman–Crippen MR) is 73.2 cm³/mol. The molecule has 2 nitrogen and oxygen atoms in total. The van der Waals surface area contributed by atoms with Crippen molar-refractivity contribution in [2.45, 2.75) is 18.0 Å². The van der Waals surface area contributed by atoms with Gasteiger partial charge in [-0.1, -0.05) is 30.3 Å². The zero-order valence-electron chi connectivity index (χ0n) is 10.1. The molecule has 0 bridgehead atoms. The molecule has 0 unspecified atom stereocenters. The molecule has 1 aromatic carbocycles. The second-order valence-corrected chi connectivity index (χ2v) is 4.80. The molecule has 2 N–H and O–H groups in total. The number of thioether (sulfide) groups is 1. The van der Waals surface area contributed by atoms with Crippen molar-refractivity contribution in [1.82, 2.24) is 4.98 Å². The van der Waals surface area contributed by atoms with Crippen LogP contribution >= 0.6 is 11.8 Å². The number of nitrogens with two attached hydrogens (primary N) is 1. The van der Waals surface area contributed by atoms with Gasteiger partial charge in [-0.3, -0.25) is 0 Å². The van der Waals surface area contributed by atoms with E-state index in [1.807, 2.05) is 42.8 Å². The highest BCUT2D eigenvalue weighted by atomic mass is 32.2. The molecule has 0 saturated carbocycles. The molecule has 0 spiro atoms. The van der Waals surface area contributed by atoms with E-state index in [1.54, 1.807) is 11.8 Å². The van der Waals surface area contributed by atoms with E-state index in [9.17, 15) is 0 Å². The molecule has 1 aromatic heterocycles. The number of hydrogen-bond acceptors (Lipinski definition) is 3. The Balaban J connectivity index is 2.34. The Labute approximate surface area is 106 Å². The fraction of sp³-hybridized carbons (Fsp3) is 0.214. The van der Waals surface area contributed by atoms with Crippen LogP contribution in [0.1, 0.15) is 22.7 Å². The third-order valence-electron chi connectivity index (χ3n) is 2.83. The first kappa shape index (κ1) is 12.1. The van der Waals surface area contributed by atoms with Crippen molar-refractivity contribution in [2.24, 2.45) is 5.73 Å². The summed E-state index contributed by atoms with van der Waals surface area (Å²) in [7, 11) is 0. The van der Waals surface area contributed by atoms with Gasteiger partial charge in [-0.2, -0.15) is 0 Å². The van der Waals surface area contributed by atoms with E-state index < -0.39 is 0 Å². The molecule has 17 heavy (non-hydrogen) atoms. The molecule has 1 atom stereocenters.